The van der Waals surface area contributed by atoms with Crippen LogP contribution in [0.25, 0.3) is 0 Å². The first-order valence-electron chi connectivity index (χ1n) is 7.89. The van der Waals surface area contributed by atoms with E-state index in [1.807, 2.05) is 0 Å². The summed E-state index contributed by atoms with van der Waals surface area (Å²) in [5.74, 6) is 2.12. The van der Waals surface area contributed by atoms with Crippen molar-refractivity contribution in [3.63, 3.8) is 0 Å². The van der Waals surface area contributed by atoms with E-state index in [0.717, 1.165) is 57.5 Å². The van der Waals surface area contributed by atoms with Crippen LogP contribution in [0.4, 0.5) is 0 Å². The van der Waals surface area contributed by atoms with E-state index < -0.39 is 0 Å². The molecule has 1 saturated carbocycles. The third-order valence-electron chi connectivity index (χ3n) is 4.76. The number of nitrogens with two attached hydrogens (primary N) is 1. The minimum Gasteiger partial charge on any atom is -0.378 e. The molecule has 1 aromatic heterocycles. The highest BCUT2D eigenvalue weighted by Crippen LogP contribution is 2.36. The quantitative estimate of drug-likeness (QED) is 0.920. The van der Waals surface area contributed by atoms with Gasteiger partial charge < -0.3 is 15.0 Å². The molecule has 2 aliphatic rings. The summed E-state index contributed by atoms with van der Waals surface area (Å²) < 4.78 is 11.1. The van der Waals surface area contributed by atoms with Gasteiger partial charge in [-0.2, -0.15) is 4.98 Å². The lowest BCUT2D eigenvalue weighted by atomic mass is 9.77. The van der Waals surface area contributed by atoms with E-state index in [1.165, 1.54) is 6.42 Å². The Kier molecular flexibility index (Phi) is 4.08. The fourth-order valence-electron chi connectivity index (χ4n) is 3.20. The maximum Gasteiger partial charge on any atom is 0.229 e. The topological polar surface area (TPSA) is 74.2 Å². The molecule has 5 heteroatoms. The minimum atomic E-state index is -0.387. The van der Waals surface area contributed by atoms with Gasteiger partial charge in [-0.05, 0) is 50.9 Å². The molecule has 2 N–H and O–H groups in total. The Labute approximate surface area is 120 Å². The van der Waals surface area contributed by atoms with Crippen molar-refractivity contribution in [3.8, 4) is 0 Å². The molecule has 1 unspecified atom stereocenters. The van der Waals surface area contributed by atoms with Crippen LogP contribution in [0, 0.1) is 5.92 Å². The van der Waals surface area contributed by atoms with E-state index in [0.29, 0.717) is 11.7 Å². The van der Waals surface area contributed by atoms with Gasteiger partial charge in [0.15, 0.2) is 5.82 Å². The number of hydrogen-bond donors (Lipinski definition) is 1. The zero-order valence-corrected chi connectivity index (χ0v) is 12.3. The van der Waals surface area contributed by atoms with Gasteiger partial charge in [0.2, 0.25) is 5.89 Å². The maximum absolute atomic E-state index is 6.47. The van der Waals surface area contributed by atoms with Gasteiger partial charge in [-0.15, -0.1) is 0 Å². The highest BCUT2D eigenvalue weighted by molar-refractivity contribution is 5.06. The van der Waals surface area contributed by atoms with Crippen LogP contribution >= 0.6 is 0 Å². The first-order valence-corrected chi connectivity index (χ1v) is 7.89. The number of aromatic nitrogens is 2. The van der Waals surface area contributed by atoms with Crippen molar-refractivity contribution in [1.29, 1.82) is 0 Å². The van der Waals surface area contributed by atoms with Gasteiger partial charge >= 0.3 is 0 Å². The van der Waals surface area contributed by atoms with Gasteiger partial charge in [-0.25, -0.2) is 0 Å². The molecule has 1 saturated heterocycles. The van der Waals surface area contributed by atoms with Crippen LogP contribution in [0.3, 0.4) is 0 Å². The summed E-state index contributed by atoms with van der Waals surface area (Å²) in [7, 11) is 0. The lowest BCUT2D eigenvalue weighted by Crippen LogP contribution is -2.41. The molecule has 20 heavy (non-hydrogen) atoms. The van der Waals surface area contributed by atoms with E-state index in [9.17, 15) is 0 Å². The van der Waals surface area contributed by atoms with Crippen molar-refractivity contribution in [3.05, 3.63) is 11.7 Å². The molecule has 0 aromatic carbocycles. The van der Waals surface area contributed by atoms with Crippen molar-refractivity contribution in [2.24, 2.45) is 11.7 Å². The zero-order chi connectivity index (χ0) is 14.0. The van der Waals surface area contributed by atoms with Gasteiger partial charge in [-0.1, -0.05) is 12.1 Å². The molecule has 5 nitrogen and oxygen atoms in total. The summed E-state index contributed by atoms with van der Waals surface area (Å²) in [5, 5.41) is 4.14. The lowest BCUT2D eigenvalue weighted by Gasteiger charge is -2.33. The normalized spacial score (nSPS) is 35.1. The Bertz CT molecular complexity index is 432. The van der Waals surface area contributed by atoms with Gasteiger partial charge in [0.1, 0.15) is 0 Å². The monoisotopic (exact) mass is 279 g/mol. The summed E-state index contributed by atoms with van der Waals surface area (Å²) in [5.41, 5.74) is 6.09. The SMILES string of the molecule is CC1CCC(N)(c2noc(CC3CCCCO3)n2)CC1. The van der Waals surface area contributed by atoms with Crippen molar-refractivity contribution >= 4 is 0 Å². The number of rotatable bonds is 3. The highest BCUT2D eigenvalue weighted by Gasteiger charge is 2.36. The van der Waals surface area contributed by atoms with E-state index in [1.54, 1.807) is 0 Å². The predicted octanol–water partition coefficient (Wildman–Crippen LogP) is 2.55. The van der Waals surface area contributed by atoms with Gasteiger partial charge in [0.25, 0.3) is 0 Å². The molecule has 112 valence electrons. The van der Waals surface area contributed by atoms with Crippen molar-refractivity contribution in [2.45, 2.75) is 69.9 Å². The second-order valence-corrected chi connectivity index (χ2v) is 6.54. The lowest BCUT2D eigenvalue weighted by molar-refractivity contribution is 0.0124. The van der Waals surface area contributed by atoms with Crippen LogP contribution in [0.2, 0.25) is 0 Å². The van der Waals surface area contributed by atoms with Crippen molar-refractivity contribution in [2.75, 3.05) is 6.61 Å². The molecular weight excluding hydrogens is 254 g/mol. The first-order chi connectivity index (χ1) is 9.66. The van der Waals surface area contributed by atoms with E-state index >= 15 is 0 Å². The second kappa shape index (κ2) is 5.82. The Hall–Kier alpha value is -0.940. The van der Waals surface area contributed by atoms with Gasteiger partial charge in [-0.3, -0.25) is 0 Å². The molecule has 1 aromatic rings. The molecule has 0 radical (unpaired) electrons. The van der Waals surface area contributed by atoms with Crippen LogP contribution in [-0.4, -0.2) is 22.9 Å². The van der Waals surface area contributed by atoms with Crippen molar-refractivity contribution in [1.82, 2.24) is 10.1 Å². The van der Waals surface area contributed by atoms with E-state index in [2.05, 4.69) is 17.1 Å². The number of nitrogens with zero attached hydrogens (tertiary/aromatic N) is 2. The molecule has 3 rings (SSSR count). The van der Waals surface area contributed by atoms with Crippen LogP contribution in [0.5, 0.6) is 0 Å². The fraction of sp³-hybridized carbons (Fsp3) is 0.867. The standard InChI is InChI=1S/C15H25N3O2/c1-11-5-7-15(16,8-6-11)14-17-13(20-18-14)10-12-4-2-3-9-19-12/h11-12H,2-10,16H2,1H3. The smallest absolute Gasteiger partial charge is 0.229 e. The average molecular weight is 279 g/mol. The molecular formula is C15H25N3O2. The van der Waals surface area contributed by atoms with E-state index in [4.69, 9.17) is 15.0 Å². The molecule has 2 heterocycles. The zero-order valence-electron chi connectivity index (χ0n) is 12.3. The van der Waals surface area contributed by atoms with Gasteiger partial charge in [0, 0.05) is 6.61 Å². The van der Waals surface area contributed by atoms with Crippen LogP contribution in [0.15, 0.2) is 4.52 Å². The minimum absolute atomic E-state index is 0.233. The van der Waals surface area contributed by atoms with Gasteiger partial charge in [0.05, 0.1) is 18.1 Å². The molecule has 2 fully saturated rings. The Morgan fingerprint density at radius 1 is 1.25 bits per heavy atom. The Morgan fingerprint density at radius 2 is 2.05 bits per heavy atom. The van der Waals surface area contributed by atoms with Crippen molar-refractivity contribution < 1.29 is 9.26 Å². The van der Waals surface area contributed by atoms with Crippen LogP contribution in [-0.2, 0) is 16.7 Å². The average Bonchev–Trinajstić information content (AvgIpc) is 2.93. The van der Waals surface area contributed by atoms with Crippen LogP contribution in [0.1, 0.15) is 63.6 Å². The van der Waals surface area contributed by atoms with E-state index in [-0.39, 0.29) is 11.6 Å². The number of ether oxygens (including phenoxy) is 1. The summed E-state index contributed by atoms with van der Waals surface area (Å²) in [6.07, 6.45) is 8.62. The summed E-state index contributed by atoms with van der Waals surface area (Å²) >= 11 is 0. The predicted molar refractivity (Wildman–Crippen MR) is 75.1 cm³/mol. The maximum atomic E-state index is 6.47. The molecule has 1 aliphatic carbocycles. The molecule has 0 bridgehead atoms. The molecule has 0 spiro atoms. The Balaban J connectivity index is 1.63. The molecule has 1 atom stereocenters. The largest absolute Gasteiger partial charge is 0.378 e. The number of hydrogen-bond acceptors (Lipinski definition) is 5. The third-order valence-corrected chi connectivity index (χ3v) is 4.76. The summed E-state index contributed by atoms with van der Waals surface area (Å²) in [6.45, 7) is 3.13. The summed E-state index contributed by atoms with van der Waals surface area (Å²) in [4.78, 5) is 4.54. The molecule has 1 aliphatic heterocycles. The second-order valence-electron chi connectivity index (χ2n) is 6.54. The third kappa shape index (κ3) is 3.04. The van der Waals surface area contributed by atoms with Crippen LogP contribution < -0.4 is 5.73 Å². The Morgan fingerprint density at radius 3 is 2.75 bits per heavy atom. The molecule has 0 amide bonds. The first kappa shape index (κ1) is 14.0. The summed E-state index contributed by atoms with van der Waals surface area (Å²) in [6, 6.07) is 0. The highest BCUT2D eigenvalue weighted by atomic mass is 16.5. The fourth-order valence-corrected chi connectivity index (χ4v) is 3.20.